The van der Waals surface area contributed by atoms with E-state index in [0.29, 0.717) is 30.1 Å². The van der Waals surface area contributed by atoms with E-state index >= 15 is 0 Å². The largest absolute Gasteiger partial charge is 0.497 e. The second kappa shape index (κ2) is 12.5. The average Bonchev–Trinajstić information content (AvgIpc) is 3.42. The van der Waals surface area contributed by atoms with Crippen LogP contribution >= 0.6 is 0 Å². The third-order valence-electron chi connectivity index (χ3n) is 7.20. The summed E-state index contributed by atoms with van der Waals surface area (Å²) < 4.78 is 19.2. The molecule has 6 nitrogen and oxygen atoms in total. The standard InChI is InChI=1S/C33H32FN3O3/c1-40-29-17-11-26(12-18-29)32(33(39)35-23-24-7-3-2-4-8-24)37(28-15-13-27(34)14-16-28)31(38)20-22-36-21-19-25-9-5-6-10-30(25)36/h2-18,32H,19-23H2,1H3,(H,35,39). The molecule has 204 valence electrons. The molecule has 5 rings (SSSR count). The summed E-state index contributed by atoms with van der Waals surface area (Å²) in [7, 11) is 1.57. The molecule has 4 aromatic rings. The number of rotatable bonds is 10. The van der Waals surface area contributed by atoms with E-state index in [0.717, 1.165) is 24.2 Å². The van der Waals surface area contributed by atoms with E-state index in [2.05, 4.69) is 22.3 Å². The summed E-state index contributed by atoms with van der Waals surface area (Å²) in [5, 5.41) is 3.00. The molecule has 0 spiro atoms. The predicted molar refractivity (Wildman–Crippen MR) is 155 cm³/mol. The van der Waals surface area contributed by atoms with Crippen LogP contribution in [0.15, 0.2) is 103 Å². The van der Waals surface area contributed by atoms with Gasteiger partial charge in [0.15, 0.2) is 0 Å². The van der Waals surface area contributed by atoms with Crippen LogP contribution in [0.3, 0.4) is 0 Å². The minimum absolute atomic E-state index is 0.185. The number of para-hydroxylation sites is 1. The SMILES string of the molecule is COc1ccc(C(C(=O)NCc2ccccc2)N(C(=O)CCN2CCc3ccccc32)c2ccc(F)cc2)cc1. The van der Waals surface area contributed by atoms with Crippen LogP contribution < -0.4 is 19.9 Å². The molecule has 2 amide bonds. The first-order valence-corrected chi connectivity index (χ1v) is 13.4. The van der Waals surface area contributed by atoms with Crippen LogP contribution in [0.2, 0.25) is 0 Å². The first-order chi connectivity index (χ1) is 19.5. The molecule has 0 radical (unpaired) electrons. The van der Waals surface area contributed by atoms with Gasteiger partial charge in [-0.2, -0.15) is 0 Å². The monoisotopic (exact) mass is 537 g/mol. The van der Waals surface area contributed by atoms with Crippen molar-refractivity contribution in [3.63, 3.8) is 0 Å². The van der Waals surface area contributed by atoms with Crippen LogP contribution in [0.1, 0.15) is 29.2 Å². The lowest BCUT2D eigenvalue weighted by Gasteiger charge is -2.32. The Labute approximate surface area is 234 Å². The molecule has 0 fully saturated rings. The van der Waals surface area contributed by atoms with Crippen molar-refractivity contribution in [2.24, 2.45) is 0 Å². The van der Waals surface area contributed by atoms with Gasteiger partial charge < -0.3 is 15.0 Å². The maximum Gasteiger partial charge on any atom is 0.248 e. The van der Waals surface area contributed by atoms with E-state index in [4.69, 9.17) is 4.74 Å². The van der Waals surface area contributed by atoms with Crippen molar-refractivity contribution in [1.29, 1.82) is 0 Å². The summed E-state index contributed by atoms with van der Waals surface area (Å²) in [4.78, 5) is 31.6. The number of nitrogens with zero attached hydrogens (tertiary/aromatic N) is 2. The number of ether oxygens (including phenoxy) is 1. The number of carbonyl (C=O) groups excluding carboxylic acids is 2. The van der Waals surface area contributed by atoms with Gasteiger partial charge in [0.1, 0.15) is 17.6 Å². The molecule has 1 aliphatic heterocycles. The predicted octanol–water partition coefficient (Wildman–Crippen LogP) is 5.68. The Morgan fingerprint density at radius 2 is 1.62 bits per heavy atom. The van der Waals surface area contributed by atoms with Crippen LogP contribution in [0.5, 0.6) is 5.75 Å². The van der Waals surface area contributed by atoms with Gasteiger partial charge in [0.05, 0.1) is 7.11 Å². The molecule has 0 saturated heterocycles. The fourth-order valence-electron chi connectivity index (χ4n) is 5.11. The molecule has 7 heteroatoms. The minimum atomic E-state index is -0.974. The summed E-state index contributed by atoms with van der Waals surface area (Å²) in [6, 6.07) is 29.6. The number of halogens is 1. The quantitative estimate of drug-likeness (QED) is 0.283. The van der Waals surface area contributed by atoms with E-state index in [1.807, 2.05) is 42.5 Å². The number of carbonyl (C=O) groups is 2. The molecule has 1 unspecified atom stereocenters. The Hall–Kier alpha value is -4.65. The van der Waals surface area contributed by atoms with Crippen LogP contribution in [0.4, 0.5) is 15.8 Å². The molecule has 0 aromatic heterocycles. The smallest absolute Gasteiger partial charge is 0.248 e. The fraction of sp³-hybridized carbons (Fsp3) is 0.212. The zero-order valence-corrected chi connectivity index (χ0v) is 22.4. The lowest BCUT2D eigenvalue weighted by molar-refractivity contribution is -0.126. The van der Waals surface area contributed by atoms with Crippen molar-refractivity contribution in [3.8, 4) is 5.75 Å². The Balaban J connectivity index is 1.46. The zero-order chi connectivity index (χ0) is 27.9. The molecular weight excluding hydrogens is 505 g/mol. The van der Waals surface area contributed by atoms with Gasteiger partial charge in [-0.15, -0.1) is 0 Å². The van der Waals surface area contributed by atoms with Crippen molar-refractivity contribution in [3.05, 3.63) is 126 Å². The number of amides is 2. The molecule has 40 heavy (non-hydrogen) atoms. The van der Waals surface area contributed by atoms with E-state index in [9.17, 15) is 14.0 Å². The molecule has 0 aliphatic carbocycles. The van der Waals surface area contributed by atoms with Crippen LogP contribution in [-0.2, 0) is 22.6 Å². The van der Waals surface area contributed by atoms with Gasteiger partial charge >= 0.3 is 0 Å². The number of nitrogens with one attached hydrogen (secondary N) is 1. The van der Waals surface area contributed by atoms with Crippen molar-refractivity contribution < 1.29 is 18.7 Å². The molecular formula is C33H32FN3O3. The second-order valence-corrected chi connectivity index (χ2v) is 9.74. The Bertz CT molecular complexity index is 1440. The third-order valence-corrected chi connectivity index (χ3v) is 7.20. The lowest BCUT2D eigenvalue weighted by atomic mass is 10.0. The van der Waals surface area contributed by atoms with Gasteiger partial charge in [-0.25, -0.2) is 4.39 Å². The molecule has 0 bridgehead atoms. The van der Waals surface area contributed by atoms with Crippen molar-refractivity contribution in [2.75, 3.05) is 30.0 Å². The highest BCUT2D eigenvalue weighted by atomic mass is 19.1. The van der Waals surface area contributed by atoms with Gasteiger partial charge in [0.25, 0.3) is 0 Å². The maximum absolute atomic E-state index is 14.0. The second-order valence-electron chi connectivity index (χ2n) is 9.74. The Morgan fingerprint density at radius 1 is 0.925 bits per heavy atom. The number of hydrogen-bond acceptors (Lipinski definition) is 4. The summed E-state index contributed by atoms with van der Waals surface area (Å²) in [5.74, 6) is -0.344. The third kappa shape index (κ3) is 6.15. The highest BCUT2D eigenvalue weighted by molar-refractivity contribution is 6.01. The topological polar surface area (TPSA) is 61.9 Å². The summed E-state index contributed by atoms with van der Waals surface area (Å²) in [6.45, 7) is 1.65. The normalized spacial score (nSPS) is 12.9. The van der Waals surface area contributed by atoms with E-state index in [-0.39, 0.29) is 18.2 Å². The summed E-state index contributed by atoms with van der Waals surface area (Å²) >= 11 is 0. The Morgan fingerprint density at radius 3 is 2.35 bits per heavy atom. The van der Waals surface area contributed by atoms with Gasteiger partial charge in [-0.1, -0.05) is 60.7 Å². The van der Waals surface area contributed by atoms with Crippen molar-refractivity contribution in [1.82, 2.24) is 5.32 Å². The number of benzene rings is 4. The first kappa shape index (κ1) is 26.9. The van der Waals surface area contributed by atoms with Crippen molar-refractivity contribution in [2.45, 2.75) is 25.4 Å². The lowest BCUT2D eigenvalue weighted by Crippen LogP contribution is -2.44. The van der Waals surface area contributed by atoms with Crippen LogP contribution in [0.25, 0.3) is 0 Å². The highest BCUT2D eigenvalue weighted by Gasteiger charge is 2.33. The summed E-state index contributed by atoms with van der Waals surface area (Å²) in [6.07, 6.45) is 1.12. The van der Waals surface area contributed by atoms with E-state index in [1.54, 1.807) is 43.5 Å². The first-order valence-electron chi connectivity index (χ1n) is 13.4. The van der Waals surface area contributed by atoms with Crippen molar-refractivity contribution >= 4 is 23.2 Å². The molecule has 1 N–H and O–H groups in total. The van der Waals surface area contributed by atoms with Gasteiger partial charge in [-0.05, 0) is 65.6 Å². The highest BCUT2D eigenvalue weighted by Crippen LogP contribution is 2.32. The van der Waals surface area contributed by atoms with Gasteiger partial charge in [-0.3, -0.25) is 14.5 Å². The number of methoxy groups -OCH3 is 1. The van der Waals surface area contributed by atoms with Gasteiger partial charge in [0, 0.05) is 37.4 Å². The number of fused-ring (bicyclic) bond motifs is 1. The van der Waals surface area contributed by atoms with E-state index in [1.165, 1.54) is 22.6 Å². The van der Waals surface area contributed by atoms with Gasteiger partial charge in [0.2, 0.25) is 11.8 Å². The zero-order valence-electron chi connectivity index (χ0n) is 22.4. The Kier molecular flexibility index (Phi) is 8.40. The number of hydrogen-bond donors (Lipinski definition) is 1. The molecule has 1 atom stereocenters. The fourth-order valence-corrected chi connectivity index (χ4v) is 5.11. The molecule has 4 aromatic carbocycles. The molecule has 0 saturated carbocycles. The number of anilines is 2. The molecule has 1 aliphatic rings. The van der Waals surface area contributed by atoms with Crippen LogP contribution in [-0.4, -0.2) is 32.0 Å². The minimum Gasteiger partial charge on any atom is -0.497 e. The molecule has 1 heterocycles. The van der Waals surface area contributed by atoms with E-state index < -0.39 is 11.9 Å². The average molecular weight is 538 g/mol. The summed E-state index contributed by atoms with van der Waals surface area (Å²) in [5.41, 5.74) is 4.41. The van der Waals surface area contributed by atoms with Crippen LogP contribution in [0, 0.1) is 5.82 Å². The maximum atomic E-state index is 14.0.